The van der Waals surface area contributed by atoms with E-state index in [1.165, 1.54) is 10.4 Å². The zero-order valence-corrected chi connectivity index (χ0v) is 18.6. The molecule has 8 heteroatoms. The Bertz CT molecular complexity index is 1290. The number of hydrogen-bond acceptors (Lipinski definition) is 7. The van der Waals surface area contributed by atoms with Gasteiger partial charge in [0.25, 0.3) is 5.95 Å². The fourth-order valence-electron chi connectivity index (χ4n) is 3.82. The minimum atomic E-state index is 0.525. The molecule has 0 saturated heterocycles. The molecule has 0 fully saturated rings. The molecule has 0 N–H and O–H groups in total. The van der Waals surface area contributed by atoms with E-state index in [0.29, 0.717) is 12.5 Å². The number of anilines is 1. The fourth-order valence-corrected chi connectivity index (χ4v) is 5.02. The summed E-state index contributed by atoms with van der Waals surface area (Å²) in [6.45, 7) is 6.78. The first-order chi connectivity index (χ1) is 15.1. The number of ether oxygens (including phenoxy) is 1. The van der Waals surface area contributed by atoms with Crippen LogP contribution in [0.25, 0.3) is 5.00 Å². The Balaban J connectivity index is 1.79. The minimum Gasteiger partial charge on any atom is -0.496 e. The van der Waals surface area contributed by atoms with Crippen LogP contribution in [0, 0.1) is 20.8 Å². The molecule has 4 aromatic rings. The smallest absolute Gasteiger partial charge is 0.253 e. The lowest BCUT2D eigenvalue weighted by Crippen LogP contribution is -2.21. The van der Waals surface area contributed by atoms with Crippen LogP contribution in [0.3, 0.4) is 0 Å². The van der Waals surface area contributed by atoms with Crippen molar-refractivity contribution in [2.45, 2.75) is 27.3 Å². The Morgan fingerprint density at radius 3 is 2.65 bits per heavy atom. The molecule has 0 bridgehead atoms. The lowest BCUT2D eigenvalue weighted by Gasteiger charge is -2.18. The van der Waals surface area contributed by atoms with E-state index in [1.807, 2.05) is 48.5 Å². The Morgan fingerprint density at radius 1 is 1.03 bits per heavy atom. The molecule has 0 saturated carbocycles. The summed E-state index contributed by atoms with van der Waals surface area (Å²) in [5, 5.41) is 17.0. The third kappa shape index (κ3) is 3.19. The van der Waals surface area contributed by atoms with Gasteiger partial charge >= 0.3 is 0 Å². The number of methoxy groups -OCH3 is 1. The number of thiophene rings is 1. The monoisotopic (exact) mass is 430 g/mol. The summed E-state index contributed by atoms with van der Waals surface area (Å²) < 4.78 is 7.80. The molecule has 0 amide bonds. The maximum Gasteiger partial charge on any atom is 0.253 e. The zero-order valence-electron chi connectivity index (χ0n) is 17.8. The Kier molecular flexibility index (Phi) is 4.78. The summed E-state index contributed by atoms with van der Waals surface area (Å²) >= 11 is 1.73. The number of benzene rings is 1. The second kappa shape index (κ2) is 7.63. The van der Waals surface area contributed by atoms with Gasteiger partial charge in [0, 0.05) is 28.4 Å². The van der Waals surface area contributed by atoms with Crippen molar-refractivity contribution in [1.82, 2.24) is 19.7 Å². The molecule has 0 unspecified atom stereocenters. The second-order valence-electron chi connectivity index (χ2n) is 7.41. The Morgan fingerprint density at radius 2 is 1.87 bits per heavy atom. The summed E-state index contributed by atoms with van der Waals surface area (Å²) in [5.74, 6) is 2.30. The first-order valence-corrected chi connectivity index (χ1v) is 10.8. The molecule has 0 spiro atoms. The van der Waals surface area contributed by atoms with Crippen molar-refractivity contribution in [2.75, 3.05) is 12.1 Å². The minimum absolute atomic E-state index is 0.525. The van der Waals surface area contributed by atoms with E-state index in [-0.39, 0.29) is 0 Å². The van der Waals surface area contributed by atoms with Crippen LogP contribution >= 0.6 is 11.3 Å². The number of hydrogen-bond donors (Lipinski definition) is 0. The van der Waals surface area contributed by atoms with E-state index >= 15 is 0 Å². The van der Waals surface area contributed by atoms with E-state index in [1.54, 1.807) is 24.6 Å². The highest BCUT2D eigenvalue weighted by Gasteiger charge is 2.31. The maximum atomic E-state index is 5.70. The molecule has 0 aliphatic carbocycles. The van der Waals surface area contributed by atoms with E-state index in [0.717, 1.165) is 39.0 Å². The van der Waals surface area contributed by atoms with Crippen LogP contribution in [0.2, 0.25) is 0 Å². The van der Waals surface area contributed by atoms with Gasteiger partial charge in [-0.2, -0.15) is 5.10 Å². The molecule has 1 aliphatic rings. The molecular weight excluding hydrogens is 408 g/mol. The molecule has 156 valence electrons. The van der Waals surface area contributed by atoms with Crippen LogP contribution in [0.15, 0.2) is 53.9 Å². The van der Waals surface area contributed by atoms with Gasteiger partial charge in [0.1, 0.15) is 22.3 Å². The van der Waals surface area contributed by atoms with Gasteiger partial charge in [-0.3, -0.25) is 9.55 Å². The van der Waals surface area contributed by atoms with Crippen LogP contribution in [-0.4, -0.2) is 32.6 Å². The van der Waals surface area contributed by atoms with Gasteiger partial charge in [-0.25, -0.2) is 5.01 Å². The Labute approximate surface area is 184 Å². The van der Waals surface area contributed by atoms with Crippen LogP contribution in [0.1, 0.15) is 33.0 Å². The van der Waals surface area contributed by atoms with Crippen LogP contribution < -0.4 is 9.75 Å². The lowest BCUT2D eigenvalue weighted by molar-refractivity contribution is 0.414. The van der Waals surface area contributed by atoms with E-state index in [4.69, 9.17) is 9.84 Å². The summed E-state index contributed by atoms with van der Waals surface area (Å²) in [7, 11) is 1.69. The highest BCUT2D eigenvalue weighted by molar-refractivity contribution is 7.15. The van der Waals surface area contributed by atoms with Crippen molar-refractivity contribution in [1.29, 1.82) is 0 Å². The predicted molar refractivity (Wildman–Crippen MR) is 123 cm³/mol. The van der Waals surface area contributed by atoms with Gasteiger partial charge in [-0.1, -0.05) is 18.2 Å². The molecule has 3 aromatic heterocycles. The van der Waals surface area contributed by atoms with E-state index in [2.05, 4.69) is 39.7 Å². The number of nitrogens with zero attached hydrogens (tertiary/aromatic N) is 6. The number of aromatic nitrogens is 4. The SMILES string of the molecule is COc1ccccc1C1=NN(Cc2cccnc2)c2nnc(C)n2-c2sc(C)c(C)c21. The number of pyridine rings is 1. The van der Waals surface area contributed by atoms with Gasteiger partial charge in [0.05, 0.1) is 13.7 Å². The fraction of sp³-hybridized carbons (Fsp3) is 0.217. The molecule has 0 radical (unpaired) electrons. The second-order valence-corrected chi connectivity index (χ2v) is 8.62. The predicted octanol–water partition coefficient (Wildman–Crippen LogP) is 4.43. The lowest BCUT2D eigenvalue weighted by atomic mass is 9.99. The van der Waals surface area contributed by atoms with Crippen LogP contribution in [-0.2, 0) is 6.54 Å². The first kappa shape index (κ1) is 19.4. The number of fused-ring (bicyclic) bond motifs is 3. The molecule has 7 nitrogen and oxygen atoms in total. The normalized spacial score (nSPS) is 12.8. The third-order valence-electron chi connectivity index (χ3n) is 5.48. The number of hydrazone groups is 1. The van der Waals surface area contributed by atoms with Gasteiger partial charge in [0.2, 0.25) is 0 Å². The Hall–Kier alpha value is -3.52. The highest BCUT2D eigenvalue weighted by Crippen LogP contribution is 2.39. The van der Waals surface area contributed by atoms with Crippen molar-refractivity contribution in [2.24, 2.45) is 5.10 Å². The molecule has 1 aromatic carbocycles. The zero-order chi connectivity index (χ0) is 21.5. The molecule has 4 heterocycles. The molecule has 0 atom stereocenters. The first-order valence-electron chi connectivity index (χ1n) is 9.99. The molecule has 31 heavy (non-hydrogen) atoms. The van der Waals surface area contributed by atoms with Crippen molar-refractivity contribution >= 4 is 23.0 Å². The van der Waals surface area contributed by atoms with E-state index in [9.17, 15) is 0 Å². The topological polar surface area (TPSA) is 68.4 Å². The standard InChI is InChI=1S/C23H22N6OS/c1-14-15(2)31-22-20(14)21(18-9-5-6-10-19(18)30-4)27-28(13-17-8-7-11-24-12-17)23-26-25-16(3)29(22)23/h5-12H,13H2,1-4H3. The van der Waals surface area contributed by atoms with Crippen molar-refractivity contribution in [3.63, 3.8) is 0 Å². The largest absolute Gasteiger partial charge is 0.496 e. The van der Waals surface area contributed by atoms with Gasteiger partial charge < -0.3 is 4.74 Å². The average Bonchev–Trinajstić information content (AvgIpc) is 3.27. The summed E-state index contributed by atoms with van der Waals surface area (Å²) in [4.78, 5) is 5.50. The third-order valence-corrected chi connectivity index (χ3v) is 6.68. The van der Waals surface area contributed by atoms with Gasteiger partial charge in [-0.15, -0.1) is 21.5 Å². The van der Waals surface area contributed by atoms with E-state index < -0.39 is 0 Å². The van der Waals surface area contributed by atoms with Gasteiger partial charge in [0.15, 0.2) is 0 Å². The van der Waals surface area contributed by atoms with Crippen LogP contribution in [0.5, 0.6) is 5.75 Å². The average molecular weight is 431 g/mol. The van der Waals surface area contributed by atoms with Crippen molar-refractivity contribution in [3.05, 3.63) is 81.7 Å². The highest BCUT2D eigenvalue weighted by atomic mass is 32.1. The number of para-hydroxylation sites is 1. The number of aryl methyl sites for hydroxylation is 2. The summed E-state index contributed by atoms with van der Waals surface area (Å²) in [5.41, 5.74) is 5.13. The van der Waals surface area contributed by atoms with Crippen LogP contribution in [0.4, 0.5) is 5.95 Å². The number of rotatable bonds is 4. The quantitative estimate of drug-likeness (QED) is 0.479. The summed E-state index contributed by atoms with van der Waals surface area (Å²) in [6.07, 6.45) is 3.62. The molecular formula is C23H22N6OS. The molecule has 1 aliphatic heterocycles. The van der Waals surface area contributed by atoms with Gasteiger partial charge in [-0.05, 0) is 50.1 Å². The van der Waals surface area contributed by atoms with Crippen molar-refractivity contribution < 1.29 is 4.74 Å². The summed E-state index contributed by atoms with van der Waals surface area (Å²) in [6, 6.07) is 12.0. The maximum absolute atomic E-state index is 5.70. The van der Waals surface area contributed by atoms with Crippen molar-refractivity contribution in [3.8, 4) is 10.8 Å². The molecule has 5 rings (SSSR count).